The number of carbonyl (C=O) groups excluding carboxylic acids is 2. The molecule has 2 amide bonds. The molecular formula is C28H34ClN5O2. The summed E-state index contributed by atoms with van der Waals surface area (Å²) in [5.74, 6) is -0.474. The maximum Gasteiger partial charge on any atom is 0.259 e. The van der Waals surface area contributed by atoms with E-state index >= 15 is 0 Å². The summed E-state index contributed by atoms with van der Waals surface area (Å²) in [4.78, 5) is 25.9. The number of amides is 2. The summed E-state index contributed by atoms with van der Waals surface area (Å²) in [7, 11) is 0. The number of aromatic nitrogens is 2. The van der Waals surface area contributed by atoms with Crippen molar-refractivity contribution in [2.75, 3.05) is 5.32 Å². The van der Waals surface area contributed by atoms with Crippen LogP contribution in [0.4, 0.5) is 5.69 Å². The summed E-state index contributed by atoms with van der Waals surface area (Å²) < 4.78 is 1.79. The van der Waals surface area contributed by atoms with Gasteiger partial charge in [-0.1, -0.05) is 37.1 Å². The summed E-state index contributed by atoms with van der Waals surface area (Å²) in [6, 6.07) is 15.3. The van der Waals surface area contributed by atoms with Crippen LogP contribution in [0.3, 0.4) is 0 Å². The zero-order chi connectivity index (χ0) is 25.7. The van der Waals surface area contributed by atoms with Crippen LogP contribution in [-0.4, -0.2) is 33.7 Å². The Hall–Kier alpha value is -3.16. The average molecular weight is 508 g/mol. The molecule has 1 unspecified atom stereocenters. The number of nitrogens with one attached hydrogen (secondary N) is 2. The fourth-order valence-corrected chi connectivity index (χ4v) is 4.77. The van der Waals surface area contributed by atoms with Crippen molar-refractivity contribution in [3.63, 3.8) is 0 Å². The number of nitrogens with zero attached hydrogens (tertiary/aromatic N) is 2. The van der Waals surface area contributed by atoms with Gasteiger partial charge in [-0.2, -0.15) is 5.10 Å². The molecule has 1 aliphatic rings. The van der Waals surface area contributed by atoms with E-state index in [2.05, 4.69) is 22.7 Å². The highest BCUT2D eigenvalue weighted by molar-refractivity contribution is 6.30. The molecule has 4 rings (SSSR count). The van der Waals surface area contributed by atoms with Crippen LogP contribution in [0.1, 0.15) is 73.5 Å². The van der Waals surface area contributed by atoms with Gasteiger partial charge in [-0.25, -0.2) is 4.68 Å². The number of nitrogens with two attached hydrogens (primary N) is 1. The first-order valence-electron chi connectivity index (χ1n) is 12.7. The Bertz CT molecular complexity index is 1180. The van der Waals surface area contributed by atoms with Crippen LogP contribution in [0, 0.1) is 0 Å². The zero-order valence-corrected chi connectivity index (χ0v) is 21.6. The van der Waals surface area contributed by atoms with Gasteiger partial charge in [-0.15, -0.1) is 0 Å². The topological polar surface area (TPSA) is 102 Å². The first-order valence-corrected chi connectivity index (χ1v) is 13.0. The first-order chi connectivity index (χ1) is 17.4. The summed E-state index contributed by atoms with van der Waals surface area (Å²) in [5.41, 5.74) is 9.78. The Kier molecular flexibility index (Phi) is 8.44. The quantitative estimate of drug-likeness (QED) is 0.389. The predicted molar refractivity (Wildman–Crippen MR) is 144 cm³/mol. The highest BCUT2D eigenvalue weighted by Crippen LogP contribution is 2.23. The molecule has 3 aromatic rings. The third-order valence-corrected chi connectivity index (χ3v) is 7.10. The van der Waals surface area contributed by atoms with Crippen molar-refractivity contribution >= 4 is 29.1 Å². The minimum atomic E-state index is -0.279. The van der Waals surface area contributed by atoms with Gasteiger partial charge in [0.1, 0.15) is 0 Å². The molecule has 1 aromatic heterocycles. The smallest absolute Gasteiger partial charge is 0.259 e. The monoisotopic (exact) mass is 507 g/mol. The van der Waals surface area contributed by atoms with Gasteiger partial charge in [0.25, 0.3) is 5.91 Å². The molecule has 1 aliphatic carbocycles. The van der Waals surface area contributed by atoms with E-state index in [-0.39, 0.29) is 29.8 Å². The lowest BCUT2D eigenvalue weighted by Gasteiger charge is -2.28. The van der Waals surface area contributed by atoms with E-state index in [0.717, 1.165) is 49.0 Å². The average Bonchev–Trinajstić information content (AvgIpc) is 3.30. The standard InChI is InChI=1S/C28H34ClN5O2/c1-3-4-26-25(17-31-34(26)24-15-7-20(29)8-16-24)28(36)33-22-11-5-19(6-12-22)18(2)27(35)32-23-13-9-21(30)10-14-23/h5-8,11-12,15-18,21,23H,3-4,9-10,13-14,30H2,1-2H3,(H,32,35)(H,33,36). The van der Waals surface area contributed by atoms with E-state index < -0.39 is 0 Å². The van der Waals surface area contributed by atoms with Gasteiger partial charge in [0.05, 0.1) is 29.1 Å². The van der Waals surface area contributed by atoms with E-state index in [1.165, 1.54) is 0 Å². The highest BCUT2D eigenvalue weighted by atomic mass is 35.5. The normalized spacial score (nSPS) is 18.4. The van der Waals surface area contributed by atoms with Crippen LogP contribution in [0.2, 0.25) is 5.02 Å². The Morgan fingerprint density at radius 3 is 2.39 bits per heavy atom. The van der Waals surface area contributed by atoms with Gasteiger partial charge in [-0.05, 0) is 81.0 Å². The zero-order valence-electron chi connectivity index (χ0n) is 20.8. The lowest BCUT2D eigenvalue weighted by Crippen LogP contribution is -2.42. The largest absolute Gasteiger partial charge is 0.353 e. The van der Waals surface area contributed by atoms with Crippen LogP contribution < -0.4 is 16.4 Å². The number of carbonyl (C=O) groups is 2. The van der Waals surface area contributed by atoms with Crippen molar-refractivity contribution in [1.82, 2.24) is 15.1 Å². The molecule has 1 atom stereocenters. The molecule has 1 heterocycles. The summed E-state index contributed by atoms with van der Waals surface area (Å²) in [6.07, 6.45) is 6.95. The highest BCUT2D eigenvalue weighted by Gasteiger charge is 2.23. The predicted octanol–water partition coefficient (Wildman–Crippen LogP) is 5.22. The van der Waals surface area contributed by atoms with Gasteiger partial charge in [0.2, 0.25) is 5.91 Å². The van der Waals surface area contributed by atoms with Crippen LogP contribution in [0.15, 0.2) is 54.7 Å². The SMILES string of the molecule is CCCc1c(C(=O)Nc2ccc(C(C)C(=O)NC3CCC(N)CC3)cc2)cnn1-c1ccc(Cl)cc1. The van der Waals surface area contributed by atoms with Gasteiger partial charge < -0.3 is 16.4 Å². The van der Waals surface area contributed by atoms with Gasteiger partial charge in [0.15, 0.2) is 0 Å². The molecule has 2 aromatic carbocycles. The third kappa shape index (κ3) is 6.15. The van der Waals surface area contributed by atoms with Crippen molar-refractivity contribution < 1.29 is 9.59 Å². The van der Waals surface area contributed by atoms with Gasteiger partial charge in [-0.3, -0.25) is 9.59 Å². The molecule has 0 spiro atoms. The molecule has 0 aliphatic heterocycles. The van der Waals surface area contributed by atoms with E-state index in [1.807, 2.05) is 43.3 Å². The van der Waals surface area contributed by atoms with Crippen LogP contribution in [0.5, 0.6) is 0 Å². The fourth-order valence-electron chi connectivity index (χ4n) is 4.64. The third-order valence-electron chi connectivity index (χ3n) is 6.85. The molecule has 7 nitrogen and oxygen atoms in total. The number of halogens is 1. The molecule has 0 saturated heterocycles. The number of rotatable bonds is 8. The van der Waals surface area contributed by atoms with Crippen LogP contribution in [0.25, 0.3) is 5.69 Å². The molecule has 0 bridgehead atoms. The van der Waals surface area contributed by atoms with E-state index in [9.17, 15) is 9.59 Å². The maximum absolute atomic E-state index is 13.1. The molecule has 1 saturated carbocycles. The molecule has 1 fully saturated rings. The van der Waals surface area contributed by atoms with Crippen LogP contribution >= 0.6 is 11.6 Å². The Labute approximate surface area is 217 Å². The van der Waals surface area contributed by atoms with Crippen molar-refractivity contribution in [3.05, 3.63) is 76.6 Å². The second-order valence-electron chi connectivity index (χ2n) is 9.56. The van der Waals surface area contributed by atoms with Crippen molar-refractivity contribution in [3.8, 4) is 5.69 Å². The lowest BCUT2D eigenvalue weighted by molar-refractivity contribution is -0.123. The number of benzene rings is 2. The Morgan fingerprint density at radius 2 is 1.75 bits per heavy atom. The second-order valence-corrected chi connectivity index (χ2v) is 10.00. The molecule has 0 radical (unpaired) electrons. The summed E-state index contributed by atoms with van der Waals surface area (Å²) >= 11 is 6.02. The summed E-state index contributed by atoms with van der Waals surface area (Å²) in [6.45, 7) is 3.97. The van der Waals surface area contributed by atoms with E-state index in [1.54, 1.807) is 23.0 Å². The Balaban J connectivity index is 1.41. The minimum Gasteiger partial charge on any atom is -0.353 e. The molecule has 4 N–H and O–H groups in total. The van der Waals surface area contributed by atoms with Crippen LogP contribution in [-0.2, 0) is 11.2 Å². The number of hydrogen-bond donors (Lipinski definition) is 3. The van der Waals surface area contributed by atoms with Crippen molar-refractivity contribution in [2.24, 2.45) is 5.73 Å². The molecule has 36 heavy (non-hydrogen) atoms. The van der Waals surface area contributed by atoms with E-state index in [0.29, 0.717) is 22.7 Å². The fraction of sp³-hybridized carbons (Fsp3) is 0.393. The lowest BCUT2D eigenvalue weighted by atomic mass is 9.91. The molecule has 190 valence electrons. The maximum atomic E-state index is 13.1. The first kappa shape index (κ1) is 25.9. The van der Waals surface area contributed by atoms with Crippen molar-refractivity contribution in [2.45, 2.75) is 70.4 Å². The number of hydrogen-bond acceptors (Lipinski definition) is 4. The Morgan fingerprint density at radius 1 is 1.08 bits per heavy atom. The molecular weight excluding hydrogens is 474 g/mol. The summed E-state index contributed by atoms with van der Waals surface area (Å²) in [5, 5.41) is 11.2. The second kappa shape index (κ2) is 11.7. The molecule has 8 heteroatoms. The number of anilines is 1. The van der Waals surface area contributed by atoms with Gasteiger partial charge in [0, 0.05) is 22.8 Å². The van der Waals surface area contributed by atoms with Crippen molar-refractivity contribution in [1.29, 1.82) is 0 Å². The minimum absolute atomic E-state index is 0.0195. The van der Waals surface area contributed by atoms with E-state index in [4.69, 9.17) is 17.3 Å². The van der Waals surface area contributed by atoms with Gasteiger partial charge >= 0.3 is 0 Å².